The summed E-state index contributed by atoms with van der Waals surface area (Å²) in [5.41, 5.74) is 1.15. The highest BCUT2D eigenvalue weighted by Crippen LogP contribution is 2.17. The predicted molar refractivity (Wildman–Crippen MR) is 59.7 cm³/mol. The second-order valence-electron chi connectivity index (χ2n) is 3.11. The molecule has 0 atom stereocenters. The maximum Gasteiger partial charge on any atom is 0.307 e. The number of hydrogen-bond donors (Lipinski definition) is 1. The lowest BCUT2D eigenvalue weighted by Crippen LogP contribution is -1.91. The molecule has 0 fully saturated rings. The number of carboxylic acid groups (broad SMARTS) is 1. The molecule has 16 heavy (non-hydrogen) atoms. The van der Waals surface area contributed by atoms with Crippen molar-refractivity contribution < 1.29 is 19.4 Å². The van der Waals surface area contributed by atoms with Crippen molar-refractivity contribution in [2.24, 2.45) is 0 Å². The van der Waals surface area contributed by atoms with Gasteiger partial charge < -0.3 is 9.84 Å². The van der Waals surface area contributed by atoms with Crippen LogP contribution in [0.3, 0.4) is 0 Å². The van der Waals surface area contributed by atoms with E-state index in [1.807, 2.05) is 0 Å². The van der Waals surface area contributed by atoms with E-state index in [1.54, 1.807) is 24.3 Å². The first kappa shape index (κ1) is 12.0. The molecule has 0 amide bonds. The van der Waals surface area contributed by atoms with Crippen molar-refractivity contribution >= 4 is 18.3 Å². The number of hydrogen-bond acceptors (Lipinski definition) is 3. The largest absolute Gasteiger partial charge is 0.497 e. The quantitative estimate of drug-likeness (QED) is 0.771. The molecule has 1 aromatic carbocycles. The lowest BCUT2D eigenvalue weighted by Gasteiger charge is -2.03. The second kappa shape index (κ2) is 5.70. The molecule has 1 N–H and O–H groups in total. The third-order valence-corrected chi connectivity index (χ3v) is 2.01. The molecule has 1 aromatic rings. The Morgan fingerprint density at radius 1 is 1.44 bits per heavy atom. The Labute approximate surface area is 93.2 Å². The van der Waals surface area contributed by atoms with Gasteiger partial charge in [0.2, 0.25) is 0 Å². The molecule has 0 unspecified atom stereocenters. The third-order valence-electron chi connectivity index (χ3n) is 2.01. The Bertz CT molecular complexity index is 421. The molecular weight excluding hydrogens is 208 g/mol. The van der Waals surface area contributed by atoms with Crippen LogP contribution in [0, 0.1) is 0 Å². The van der Waals surface area contributed by atoms with E-state index < -0.39 is 5.97 Å². The summed E-state index contributed by atoms with van der Waals surface area (Å²) in [5.74, 6) is -0.310. The number of aldehydes is 1. The van der Waals surface area contributed by atoms with Crippen molar-refractivity contribution in [3.8, 4) is 5.75 Å². The number of aliphatic carboxylic acids is 1. The Morgan fingerprint density at radius 3 is 2.75 bits per heavy atom. The van der Waals surface area contributed by atoms with Crippen LogP contribution in [-0.4, -0.2) is 24.5 Å². The molecule has 0 aliphatic rings. The number of ether oxygens (including phenoxy) is 1. The van der Waals surface area contributed by atoms with Gasteiger partial charge in [0, 0.05) is 5.56 Å². The van der Waals surface area contributed by atoms with Crippen molar-refractivity contribution in [1.82, 2.24) is 0 Å². The molecule has 0 spiro atoms. The molecule has 0 aliphatic carbocycles. The zero-order chi connectivity index (χ0) is 12.0. The fraction of sp³-hybridized carbons (Fsp3) is 0.167. The lowest BCUT2D eigenvalue weighted by molar-refractivity contribution is -0.135. The van der Waals surface area contributed by atoms with E-state index in [0.717, 1.165) is 0 Å². The van der Waals surface area contributed by atoms with Crippen molar-refractivity contribution in [3.63, 3.8) is 0 Å². The van der Waals surface area contributed by atoms with Crippen LogP contribution in [0.2, 0.25) is 0 Å². The maximum absolute atomic E-state index is 10.8. The number of carbonyl (C=O) groups is 2. The molecule has 0 heterocycles. The highest BCUT2D eigenvalue weighted by molar-refractivity contribution is 5.83. The number of rotatable bonds is 5. The SMILES string of the molecule is COc1ccc(C=CCC(=O)O)c(C=O)c1. The summed E-state index contributed by atoms with van der Waals surface area (Å²) >= 11 is 0. The van der Waals surface area contributed by atoms with Crippen molar-refractivity contribution in [3.05, 3.63) is 35.4 Å². The van der Waals surface area contributed by atoms with E-state index in [9.17, 15) is 9.59 Å². The molecule has 0 aromatic heterocycles. The average molecular weight is 220 g/mol. The summed E-state index contributed by atoms with van der Waals surface area (Å²) in [7, 11) is 1.52. The van der Waals surface area contributed by atoms with Gasteiger partial charge in [-0.15, -0.1) is 0 Å². The van der Waals surface area contributed by atoms with Crippen molar-refractivity contribution in [2.75, 3.05) is 7.11 Å². The van der Waals surface area contributed by atoms with Crippen molar-refractivity contribution in [2.45, 2.75) is 6.42 Å². The third kappa shape index (κ3) is 3.24. The first-order chi connectivity index (χ1) is 7.67. The summed E-state index contributed by atoms with van der Waals surface area (Å²) in [6.45, 7) is 0. The van der Waals surface area contributed by atoms with E-state index >= 15 is 0 Å². The average Bonchev–Trinajstić information content (AvgIpc) is 2.29. The van der Waals surface area contributed by atoms with E-state index in [-0.39, 0.29) is 6.42 Å². The minimum atomic E-state index is -0.905. The van der Waals surface area contributed by atoms with Crippen molar-refractivity contribution in [1.29, 1.82) is 0 Å². The number of carboxylic acids is 1. The lowest BCUT2D eigenvalue weighted by atomic mass is 10.1. The van der Waals surface area contributed by atoms with Crippen LogP contribution < -0.4 is 4.74 Å². The highest BCUT2D eigenvalue weighted by Gasteiger charge is 2.00. The summed E-state index contributed by atoms with van der Waals surface area (Å²) < 4.78 is 4.98. The van der Waals surface area contributed by atoms with Gasteiger partial charge in [0.25, 0.3) is 0 Å². The second-order valence-corrected chi connectivity index (χ2v) is 3.11. The fourth-order valence-electron chi connectivity index (χ4n) is 1.22. The first-order valence-corrected chi connectivity index (χ1v) is 4.69. The normalized spacial score (nSPS) is 10.3. The summed E-state index contributed by atoms with van der Waals surface area (Å²) in [4.78, 5) is 21.1. The van der Waals surface area contributed by atoms with E-state index in [1.165, 1.54) is 13.2 Å². The number of carbonyl (C=O) groups excluding carboxylic acids is 1. The molecule has 0 bridgehead atoms. The molecule has 0 aliphatic heterocycles. The van der Waals surface area contributed by atoms with Gasteiger partial charge in [0.05, 0.1) is 13.5 Å². The summed E-state index contributed by atoms with van der Waals surface area (Å²) in [6, 6.07) is 5.03. The van der Waals surface area contributed by atoms with Gasteiger partial charge in [-0.25, -0.2) is 0 Å². The Morgan fingerprint density at radius 2 is 2.19 bits per heavy atom. The number of benzene rings is 1. The van der Waals surface area contributed by atoms with Crippen LogP contribution in [0.4, 0.5) is 0 Å². The predicted octanol–water partition coefficient (Wildman–Crippen LogP) is 2.00. The minimum Gasteiger partial charge on any atom is -0.497 e. The van der Waals surface area contributed by atoms with Crippen LogP contribution in [0.1, 0.15) is 22.3 Å². The Balaban J connectivity index is 2.91. The minimum absolute atomic E-state index is 0.0652. The molecular formula is C12H12O4. The Kier molecular flexibility index (Phi) is 4.27. The van der Waals surface area contributed by atoms with Crippen LogP contribution in [0.5, 0.6) is 5.75 Å². The first-order valence-electron chi connectivity index (χ1n) is 4.69. The van der Waals surface area contributed by atoms with Gasteiger partial charge in [0.1, 0.15) is 5.75 Å². The molecule has 1 rings (SSSR count). The fourth-order valence-corrected chi connectivity index (χ4v) is 1.22. The zero-order valence-corrected chi connectivity index (χ0v) is 8.84. The van der Waals surface area contributed by atoms with Crippen LogP contribution >= 0.6 is 0 Å². The van der Waals surface area contributed by atoms with Gasteiger partial charge in [-0.1, -0.05) is 18.2 Å². The van der Waals surface area contributed by atoms with Crippen LogP contribution in [0.15, 0.2) is 24.3 Å². The van der Waals surface area contributed by atoms with Crippen LogP contribution in [0.25, 0.3) is 6.08 Å². The van der Waals surface area contributed by atoms with Gasteiger partial charge in [-0.2, -0.15) is 0 Å². The summed E-state index contributed by atoms with van der Waals surface area (Å²) in [5, 5.41) is 8.46. The van der Waals surface area contributed by atoms with Gasteiger partial charge in [-0.05, 0) is 17.7 Å². The van der Waals surface area contributed by atoms with E-state index in [2.05, 4.69) is 0 Å². The van der Waals surface area contributed by atoms with Gasteiger partial charge in [0.15, 0.2) is 6.29 Å². The summed E-state index contributed by atoms with van der Waals surface area (Å²) in [6.07, 6.45) is 3.75. The molecule has 4 nitrogen and oxygen atoms in total. The molecule has 0 saturated heterocycles. The molecule has 84 valence electrons. The Hall–Kier alpha value is -2.10. The van der Waals surface area contributed by atoms with Gasteiger partial charge in [-0.3, -0.25) is 9.59 Å². The molecule has 0 saturated carbocycles. The number of methoxy groups -OCH3 is 1. The standard InChI is InChI=1S/C12H12O4/c1-16-11-6-5-9(10(7-11)8-13)3-2-4-12(14)15/h2-3,5-8H,4H2,1H3,(H,14,15). The zero-order valence-electron chi connectivity index (χ0n) is 8.84. The topological polar surface area (TPSA) is 63.6 Å². The molecule has 0 radical (unpaired) electrons. The molecule has 4 heteroatoms. The van der Waals surface area contributed by atoms with E-state index in [0.29, 0.717) is 23.2 Å². The van der Waals surface area contributed by atoms with Crippen LogP contribution in [-0.2, 0) is 4.79 Å². The van der Waals surface area contributed by atoms with Gasteiger partial charge >= 0.3 is 5.97 Å². The highest BCUT2D eigenvalue weighted by atomic mass is 16.5. The smallest absolute Gasteiger partial charge is 0.307 e. The monoisotopic (exact) mass is 220 g/mol. The van der Waals surface area contributed by atoms with E-state index in [4.69, 9.17) is 9.84 Å². The maximum atomic E-state index is 10.8.